The molecule has 1 aromatic carbocycles. The molecule has 6 heteroatoms. The second kappa shape index (κ2) is 10.1. The van der Waals surface area contributed by atoms with Crippen molar-refractivity contribution < 1.29 is 4.52 Å². The first-order valence-electron chi connectivity index (χ1n) is 12.9. The Morgan fingerprint density at radius 2 is 1.89 bits per heavy atom. The first-order chi connectivity index (χ1) is 16.9. The lowest BCUT2D eigenvalue weighted by Gasteiger charge is -2.24. The summed E-state index contributed by atoms with van der Waals surface area (Å²) in [4.78, 5) is 5.11. The van der Waals surface area contributed by atoms with Gasteiger partial charge in [-0.2, -0.15) is 0 Å². The molecule has 3 heterocycles. The third-order valence-electron chi connectivity index (χ3n) is 7.30. The van der Waals surface area contributed by atoms with Crippen LogP contribution in [0, 0.1) is 13.8 Å². The number of rotatable bonds is 7. The van der Waals surface area contributed by atoms with Crippen molar-refractivity contribution in [3.63, 3.8) is 0 Å². The lowest BCUT2D eigenvalue weighted by Crippen LogP contribution is -2.23. The summed E-state index contributed by atoms with van der Waals surface area (Å²) in [6.45, 7) is 8.30. The van der Waals surface area contributed by atoms with Crippen LogP contribution in [-0.2, 0) is 12.8 Å². The number of aryl methyl sites for hydroxylation is 4. The predicted octanol–water partition coefficient (Wildman–Crippen LogP) is 7.91. The third-order valence-corrected chi connectivity index (χ3v) is 7.63. The van der Waals surface area contributed by atoms with Gasteiger partial charge in [-0.3, -0.25) is 4.40 Å². The highest BCUT2D eigenvalue weighted by Crippen LogP contribution is 2.31. The smallest absolute Gasteiger partial charge is 0.141 e. The van der Waals surface area contributed by atoms with Crippen molar-refractivity contribution in [2.75, 3.05) is 5.32 Å². The van der Waals surface area contributed by atoms with Gasteiger partial charge >= 0.3 is 0 Å². The van der Waals surface area contributed by atoms with Gasteiger partial charge in [-0.15, -0.1) is 0 Å². The van der Waals surface area contributed by atoms with E-state index in [1.54, 1.807) is 0 Å². The van der Waals surface area contributed by atoms with E-state index < -0.39 is 0 Å². The summed E-state index contributed by atoms with van der Waals surface area (Å²) in [5, 5.41) is 8.86. The van der Waals surface area contributed by atoms with E-state index in [0.29, 0.717) is 12.0 Å². The molecule has 4 aromatic rings. The van der Waals surface area contributed by atoms with Gasteiger partial charge in [0.2, 0.25) is 0 Å². The molecule has 0 aliphatic heterocycles. The average molecular weight is 491 g/mol. The van der Waals surface area contributed by atoms with E-state index in [-0.39, 0.29) is 0 Å². The van der Waals surface area contributed by atoms with Gasteiger partial charge in [0.25, 0.3) is 0 Å². The molecule has 5 rings (SSSR count). The Hall–Kier alpha value is -2.79. The van der Waals surface area contributed by atoms with Gasteiger partial charge < -0.3 is 9.84 Å². The number of halogens is 1. The van der Waals surface area contributed by atoms with Crippen molar-refractivity contribution in [2.45, 2.75) is 84.6 Å². The second-order valence-electron chi connectivity index (χ2n) is 10.2. The zero-order chi connectivity index (χ0) is 24.5. The van der Waals surface area contributed by atoms with Crippen molar-refractivity contribution >= 4 is 23.1 Å². The molecule has 0 unspecified atom stereocenters. The molecule has 0 atom stereocenters. The van der Waals surface area contributed by atoms with Crippen LogP contribution in [0.4, 0.5) is 5.82 Å². The summed E-state index contributed by atoms with van der Waals surface area (Å²) in [7, 11) is 0. The highest BCUT2D eigenvalue weighted by Gasteiger charge is 2.20. The highest BCUT2D eigenvalue weighted by atomic mass is 35.5. The summed E-state index contributed by atoms with van der Waals surface area (Å²) in [5.41, 5.74) is 7.55. The number of pyridine rings is 1. The quantitative estimate of drug-likeness (QED) is 0.286. The molecule has 1 N–H and O–H groups in total. The summed E-state index contributed by atoms with van der Waals surface area (Å²) >= 11 is 6.58. The maximum absolute atomic E-state index is 6.58. The first-order valence-corrected chi connectivity index (χ1v) is 13.3. The summed E-state index contributed by atoms with van der Waals surface area (Å²) in [6.07, 6.45) is 10.2. The molecule has 1 aliphatic carbocycles. The fourth-order valence-corrected chi connectivity index (χ4v) is 5.79. The van der Waals surface area contributed by atoms with E-state index in [4.69, 9.17) is 21.1 Å². The van der Waals surface area contributed by atoms with Crippen LogP contribution < -0.4 is 5.32 Å². The minimum atomic E-state index is 0.424. The lowest BCUT2D eigenvalue weighted by molar-refractivity contribution is 0.393. The lowest BCUT2D eigenvalue weighted by atomic mass is 9.95. The maximum Gasteiger partial charge on any atom is 0.141 e. The predicted molar refractivity (Wildman–Crippen MR) is 144 cm³/mol. The SMILES string of the molecule is Cc1noc(C)c1-c1ccn2c(NC3CCCCC3)c(CCc3ccc(C(C)C)c(Cl)c3)nc2c1. The fraction of sp³-hybridized carbons (Fsp3) is 0.448. The minimum Gasteiger partial charge on any atom is -0.367 e. The fourth-order valence-electron chi connectivity index (χ4n) is 5.37. The molecule has 5 nitrogen and oxygen atoms in total. The van der Waals surface area contributed by atoms with Crippen LogP contribution in [0.3, 0.4) is 0 Å². The van der Waals surface area contributed by atoms with Crippen LogP contribution in [0.5, 0.6) is 0 Å². The molecule has 0 radical (unpaired) electrons. The van der Waals surface area contributed by atoms with Crippen LogP contribution in [-0.4, -0.2) is 20.6 Å². The Kier molecular flexibility index (Phi) is 6.88. The molecule has 184 valence electrons. The van der Waals surface area contributed by atoms with Gasteiger partial charge in [0.05, 0.1) is 11.4 Å². The van der Waals surface area contributed by atoms with E-state index in [0.717, 1.165) is 57.6 Å². The molecular formula is C29H35ClN4O. The zero-order valence-corrected chi connectivity index (χ0v) is 22.0. The number of hydrogen-bond donors (Lipinski definition) is 1. The molecule has 1 aliphatic rings. The molecule has 0 amide bonds. The number of aromatic nitrogens is 3. The Morgan fingerprint density at radius 3 is 2.57 bits per heavy atom. The number of nitrogens with one attached hydrogen (secondary N) is 1. The second-order valence-corrected chi connectivity index (χ2v) is 10.6. The van der Waals surface area contributed by atoms with E-state index >= 15 is 0 Å². The Labute approximate surface area is 212 Å². The third kappa shape index (κ3) is 4.97. The number of nitrogens with zero attached hydrogens (tertiary/aromatic N) is 3. The van der Waals surface area contributed by atoms with Crippen LogP contribution in [0.1, 0.15) is 80.1 Å². The molecule has 35 heavy (non-hydrogen) atoms. The number of hydrogen-bond acceptors (Lipinski definition) is 4. The molecule has 1 fully saturated rings. The van der Waals surface area contributed by atoms with Gasteiger partial charge in [-0.25, -0.2) is 4.98 Å². The standard InChI is InChI=1S/C29H35ClN4O/c1-18(2)24-12-10-21(16-25(24)30)11-13-26-29(31-23-8-6-5-7-9-23)34-15-14-22(17-27(34)32-26)28-19(3)33-35-20(28)4/h10,12,14-18,23,31H,5-9,11,13H2,1-4H3. The maximum atomic E-state index is 6.58. The van der Waals surface area contributed by atoms with Gasteiger partial charge in [0, 0.05) is 22.8 Å². The van der Waals surface area contributed by atoms with Crippen molar-refractivity contribution in [2.24, 2.45) is 0 Å². The van der Waals surface area contributed by atoms with Crippen LogP contribution >= 0.6 is 11.6 Å². The van der Waals surface area contributed by atoms with E-state index in [2.05, 4.69) is 65.3 Å². The molecule has 0 saturated heterocycles. The number of anilines is 1. The monoisotopic (exact) mass is 490 g/mol. The summed E-state index contributed by atoms with van der Waals surface area (Å²) in [5.74, 6) is 2.39. The van der Waals surface area contributed by atoms with E-state index in [9.17, 15) is 0 Å². The highest BCUT2D eigenvalue weighted by molar-refractivity contribution is 6.31. The summed E-state index contributed by atoms with van der Waals surface area (Å²) in [6, 6.07) is 11.3. The van der Waals surface area contributed by atoms with Crippen molar-refractivity contribution in [3.05, 3.63) is 69.8 Å². The van der Waals surface area contributed by atoms with Gasteiger partial charge in [0.1, 0.15) is 17.2 Å². The van der Waals surface area contributed by atoms with Crippen molar-refractivity contribution in [3.8, 4) is 11.1 Å². The van der Waals surface area contributed by atoms with Gasteiger partial charge in [-0.1, -0.05) is 62.0 Å². The van der Waals surface area contributed by atoms with Crippen LogP contribution in [0.25, 0.3) is 16.8 Å². The Morgan fingerprint density at radius 1 is 1.09 bits per heavy atom. The van der Waals surface area contributed by atoms with E-state index in [1.165, 1.54) is 43.2 Å². The van der Waals surface area contributed by atoms with Crippen LogP contribution in [0.2, 0.25) is 5.02 Å². The minimum absolute atomic E-state index is 0.424. The van der Waals surface area contributed by atoms with Crippen LogP contribution in [0.15, 0.2) is 41.1 Å². The number of fused-ring (bicyclic) bond motifs is 1. The normalized spacial score (nSPS) is 14.8. The Bertz CT molecular complexity index is 1310. The molecule has 0 bridgehead atoms. The molecule has 0 spiro atoms. The molecule has 3 aromatic heterocycles. The van der Waals surface area contributed by atoms with E-state index in [1.807, 2.05) is 13.8 Å². The topological polar surface area (TPSA) is 55.4 Å². The number of imidazole rings is 1. The largest absolute Gasteiger partial charge is 0.367 e. The first kappa shape index (κ1) is 23.9. The van der Waals surface area contributed by atoms with Crippen molar-refractivity contribution in [1.82, 2.24) is 14.5 Å². The summed E-state index contributed by atoms with van der Waals surface area (Å²) < 4.78 is 7.62. The molecular weight excluding hydrogens is 456 g/mol. The average Bonchev–Trinajstić information content (AvgIpc) is 3.36. The number of benzene rings is 1. The van der Waals surface area contributed by atoms with Gasteiger partial charge in [-0.05, 0) is 80.3 Å². The Balaban J connectivity index is 1.48. The van der Waals surface area contributed by atoms with Gasteiger partial charge in [0.15, 0.2) is 0 Å². The zero-order valence-electron chi connectivity index (χ0n) is 21.2. The van der Waals surface area contributed by atoms with Crippen molar-refractivity contribution in [1.29, 1.82) is 0 Å². The molecule has 1 saturated carbocycles.